The van der Waals surface area contributed by atoms with Crippen molar-refractivity contribution >= 4 is 49.8 Å². The third-order valence-corrected chi connectivity index (χ3v) is 3.85. The van der Waals surface area contributed by atoms with Gasteiger partial charge in [0.15, 0.2) is 3.79 Å². The smallest absolute Gasteiger partial charge is 0.253 e. The second-order valence-corrected chi connectivity index (χ2v) is 6.21. The van der Waals surface area contributed by atoms with Crippen LogP contribution in [-0.2, 0) is 25.6 Å². The Morgan fingerprint density at radius 2 is 1.61 bits per heavy atom. The maximum atomic E-state index is 11.9. The Labute approximate surface area is 147 Å². The van der Waals surface area contributed by atoms with E-state index in [1.54, 1.807) is 34.7 Å². The van der Waals surface area contributed by atoms with Crippen LogP contribution >= 0.6 is 22.6 Å². The number of anilines is 1. The van der Waals surface area contributed by atoms with Crippen molar-refractivity contribution in [1.82, 2.24) is 4.90 Å². The largest absolute Gasteiger partial charge is 0.326 e. The van der Waals surface area contributed by atoms with Gasteiger partial charge in [0.2, 0.25) is 5.91 Å². The van der Waals surface area contributed by atoms with Crippen molar-refractivity contribution in [1.29, 1.82) is 0 Å². The monoisotopic (exact) mass is 426 g/mol. The van der Waals surface area contributed by atoms with Crippen LogP contribution in [0.2, 0.25) is 0 Å². The Bertz CT molecular complexity index is 649. The number of carbonyl (C=O) groups is 4. The molecule has 7 heteroatoms. The number of imide groups is 1. The van der Waals surface area contributed by atoms with E-state index in [0.717, 1.165) is 10.5 Å². The van der Waals surface area contributed by atoms with Crippen molar-refractivity contribution in [3.05, 3.63) is 42.0 Å². The van der Waals surface area contributed by atoms with Crippen LogP contribution in [0, 0.1) is 0 Å². The van der Waals surface area contributed by atoms with Crippen LogP contribution in [0.1, 0.15) is 18.4 Å². The summed E-state index contributed by atoms with van der Waals surface area (Å²) in [5.74, 6) is -1.05. The van der Waals surface area contributed by atoms with E-state index in [2.05, 4.69) is 5.32 Å². The Morgan fingerprint density at radius 1 is 1.00 bits per heavy atom. The minimum atomic E-state index is -0.392. The molecule has 0 bridgehead atoms. The zero-order valence-electron chi connectivity index (χ0n) is 12.3. The number of rotatable bonds is 7. The van der Waals surface area contributed by atoms with Crippen molar-refractivity contribution in [2.75, 3.05) is 11.9 Å². The van der Waals surface area contributed by atoms with Crippen LogP contribution in [0.15, 0.2) is 36.4 Å². The summed E-state index contributed by atoms with van der Waals surface area (Å²) < 4.78 is 0.112. The quantitative estimate of drug-likeness (QED) is 0.410. The van der Waals surface area contributed by atoms with E-state index in [0.29, 0.717) is 18.5 Å². The molecule has 23 heavy (non-hydrogen) atoms. The van der Waals surface area contributed by atoms with Crippen molar-refractivity contribution in [2.24, 2.45) is 0 Å². The first-order valence-electron chi connectivity index (χ1n) is 7.06. The lowest BCUT2D eigenvalue weighted by molar-refractivity contribution is -0.137. The van der Waals surface area contributed by atoms with E-state index in [9.17, 15) is 19.2 Å². The number of benzene rings is 1. The number of amides is 3. The molecule has 6 nitrogen and oxygen atoms in total. The summed E-state index contributed by atoms with van der Waals surface area (Å²) in [4.78, 5) is 46.5. The molecule has 3 amide bonds. The summed E-state index contributed by atoms with van der Waals surface area (Å²) in [5, 5.41) is 2.71. The van der Waals surface area contributed by atoms with E-state index in [4.69, 9.17) is 0 Å². The first-order chi connectivity index (χ1) is 11.0. The average Bonchev–Trinajstić information content (AvgIpc) is 2.83. The molecular formula is C16H15IN2O4. The highest BCUT2D eigenvalue weighted by molar-refractivity contribution is 14.1. The molecule has 0 radical (unpaired) electrons. The molecule has 1 heterocycles. The Morgan fingerprint density at radius 3 is 2.17 bits per heavy atom. The third-order valence-electron chi connectivity index (χ3n) is 3.31. The maximum Gasteiger partial charge on any atom is 0.253 e. The lowest BCUT2D eigenvalue weighted by Gasteiger charge is -2.13. The van der Waals surface area contributed by atoms with Crippen LogP contribution in [-0.4, -0.2) is 33.0 Å². The molecule has 1 aliphatic heterocycles. The molecule has 0 fully saturated rings. The molecule has 1 aliphatic rings. The fourth-order valence-corrected chi connectivity index (χ4v) is 2.36. The Balaban J connectivity index is 1.80. The number of aryl methyl sites for hydroxylation is 1. The van der Waals surface area contributed by atoms with Crippen LogP contribution in [0.5, 0.6) is 0 Å². The zero-order valence-corrected chi connectivity index (χ0v) is 14.4. The molecule has 0 saturated carbocycles. The maximum absolute atomic E-state index is 11.9. The van der Waals surface area contributed by atoms with E-state index < -0.39 is 11.8 Å². The molecular weight excluding hydrogens is 411 g/mol. The molecule has 0 saturated heterocycles. The summed E-state index contributed by atoms with van der Waals surface area (Å²) in [5.41, 5.74) is 1.66. The van der Waals surface area contributed by atoms with E-state index in [-0.39, 0.29) is 22.7 Å². The third kappa shape index (κ3) is 5.27. The molecule has 0 atom stereocenters. The van der Waals surface area contributed by atoms with Gasteiger partial charge in [-0.2, -0.15) is 0 Å². The second kappa shape index (κ2) is 8.00. The van der Waals surface area contributed by atoms with Crippen molar-refractivity contribution in [3.8, 4) is 0 Å². The van der Waals surface area contributed by atoms with Crippen LogP contribution < -0.4 is 5.32 Å². The average molecular weight is 426 g/mol. The molecule has 1 aromatic rings. The second-order valence-electron chi connectivity index (χ2n) is 5.01. The minimum Gasteiger partial charge on any atom is -0.326 e. The highest BCUT2D eigenvalue weighted by Crippen LogP contribution is 2.13. The number of nitrogens with one attached hydrogen (secondary N) is 1. The van der Waals surface area contributed by atoms with Gasteiger partial charge in [-0.1, -0.05) is 12.1 Å². The van der Waals surface area contributed by atoms with Gasteiger partial charge >= 0.3 is 0 Å². The van der Waals surface area contributed by atoms with Gasteiger partial charge in [-0.05, 0) is 46.7 Å². The van der Waals surface area contributed by atoms with Gasteiger partial charge in [0.05, 0.1) is 0 Å². The van der Waals surface area contributed by atoms with Gasteiger partial charge in [0.25, 0.3) is 11.8 Å². The van der Waals surface area contributed by atoms with Gasteiger partial charge < -0.3 is 5.32 Å². The van der Waals surface area contributed by atoms with Crippen molar-refractivity contribution < 1.29 is 19.2 Å². The predicted molar refractivity (Wildman–Crippen MR) is 92.9 cm³/mol. The van der Waals surface area contributed by atoms with E-state index in [1.807, 2.05) is 12.1 Å². The molecule has 1 N–H and O–H groups in total. The predicted octanol–water partition coefficient (Wildman–Crippen LogP) is 1.83. The number of hydrogen-bond donors (Lipinski definition) is 1. The minimum absolute atomic E-state index is 0.0459. The number of carbonyl (C=O) groups excluding carboxylic acids is 4. The normalized spacial score (nSPS) is 13.5. The van der Waals surface area contributed by atoms with Crippen LogP contribution in [0.4, 0.5) is 5.69 Å². The van der Waals surface area contributed by atoms with Gasteiger partial charge in [-0.25, -0.2) is 0 Å². The Kier molecular flexibility index (Phi) is 6.03. The number of hydrogen-bond acceptors (Lipinski definition) is 4. The van der Waals surface area contributed by atoms with Gasteiger partial charge in [0.1, 0.15) is 0 Å². The van der Waals surface area contributed by atoms with Gasteiger partial charge in [0, 0.05) is 37.2 Å². The van der Waals surface area contributed by atoms with Gasteiger partial charge in [-0.15, -0.1) is 0 Å². The number of halogens is 1. The molecule has 0 unspecified atom stereocenters. The topological polar surface area (TPSA) is 83.6 Å². The highest BCUT2D eigenvalue weighted by Gasteiger charge is 2.23. The fourth-order valence-electron chi connectivity index (χ4n) is 2.09. The summed E-state index contributed by atoms with van der Waals surface area (Å²) >= 11 is 1.77. The lowest BCUT2D eigenvalue weighted by Crippen LogP contribution is -2.33. The molecule has 2 rings (SSSR count). The van der Waals surface area contributed by atoms with Crippen LogP contribution in [0.25, 0.3) is 0 Å². The first kappa shape index (κ1) is 17.3. The molecule has 120 valence electrons. The summed E-state index contributed by atoms with van der Waals surface area (Å²) in [7, 11) is 0. The summed E-state index contributed by atoms with van der Waals surface area (Å²) in [6.07, 6.45) is 3.59. The SMILES string of the molecule is O=C(I)CCc1ccc(NC(=O)CCN2C(=O)C=CC2=O)cc1. The van der Waals surface area contributed by atoms with Crippen molar-refractivity contribution in [3.63, 3.8) is 0 Å². The van der Waals surface area contributed by atoms with Crippen LogP contribution in [0.3, 0.4) is 0 Å². The fraction of sp³-hybridized carbons (Fsp3) is 0.250. The standard InChI is InChI=1S/C16H15IN2O4/c17-13(20)6-3-11-1-4-12(5-2-11)18-14(21)9-10-19-15(22)7-8-16(19)23/h1-2,4-5,7-8H,3,6,9-10H2,(H,18,21). The molecule has 0 aliphatic carbocycles. The van der Waals surface area contributed by atoms with E-state index in [1.165, 1.54) is 12.2 Å². The Hall–Kier alpha value is -2.03. The molecule has 1 aromatic carbocycles. The lowest BCUT2D eigenvalue weighted by atomic mass is 10.1. The molecule has 0 spiro atoms. The summed E-state index contributed by atoms with van der Waals surface area (Å²) in [6, 6.07) is 7.23. The first-order valence-corrected chi connectivity index (χ1v) is 8.14. The van der Waals surface area contributed by atoms with Crippen molar-refractivity contribution in [2.45, 2.75) is 19.3 Å². The zero-order chi connectivity index (χ0) is 16.8. The van der Waals surface area contributed by atoms with Gasteiger partial charge in [-0.3, -0.25) is 24.1 Å². The molecule has 0 aromatic heterocycles. The highest BCUT2D eigenvalue weighted by atomic mass is 127. The summed E-state index contributed by atoms with van der Waals surface area (Å²) in [6.45, 7) is 0.0619. The number of nitrogens with zero attached hydrogens (tertiary/aromatic N) is 1. The van der Waals surface area contributed by atoms with E-state index >= 15 is 0 Å².